The quantitative estimate of drug-likeness (QED) is 0.797. The summed E-state index contributed by atoms with van der Waals surface area (Å²) >= 11 is 0. The minimum atomic E-state index is -0.620. The maximum Gasteiger partial charge on any atom is 0.118 e. The Morgan fingerprint density at radius 1 is 1.17 bits per heavy atom. The van der Waals surface area contributed by atoms with Crippen LogP contribution >= 0.6 is 0 Å². The van der Waals surface area contributed by atoms with E-state index in [1.54, 1.807) is 7.11 Å². The molecular formula is C16H26O2. The van der Waals surface area contributed by atoms with Gasteiger partial charge in [0.1, 0.15) is 5.75 Å². The van der Waals surface area contributed by atoms with Gasteiger partial charge >= 0.3 is 0 Å². The average molecular weight is 250 g/mol. The number of ether oxygens (including phenoxy) is 1. The molecule has 0 radical (unpaired) electrons. The lowest BCUT2D eigenvalue weighted by Gasteiger charge is -2.27. The Balaban J connectivity index is 2.63. The summed E-state index contributed by atoms with van der Waals surface area (Å²) in [5, 5.41) is 10.5. The lowest BCUT2D eigenvalue weighted by atomic mass is 9.84. The van der Waals surface area contributed by atoms with E-state index in [2.05, 4.69) is 13.8 Å². The van der Waals surface area contributed by atoms with Crippen LogP contribution in [0.4, 0.5) is 0 Å². The molecule has 102 valence electrons. The first-order valence-corrected chi connectivity index (χ1v) is 6.86. The van der Waals surface area contributed by atoms with Crippen LogP contribution in [0.2, 0.25) is 0 Å². The average Bonchev–Trinajstić information content (AvgIpc) is 2.36. The lowest BCUT2D eigenvalue weighted by Crippen LogP contribution is -2.30. The third kappa shape index (κ3) is 4.69. The Bertz CT molecular complexity index is 337. The second kappa shape index (κ2) is 6.79. The van der Waals surface area contributed by atoms with Gasteiger partial charge in [0, 0.05) is 6.42 Å². The van der Waals surface area contributed by atoms with Gasteiger partial charge in [0.15, 0.2) is 0 Å². The Morgan fingerprint density at radius 3 is 2.17 bits per heavy atom. The van der Waals surface area contributed by atoms with Crippen molar-refractivity contribution in [2.45, 2.75) is 52.1 Å². The summed E-state index contributed by atoms with van der Waals surface area (Å²) in [5.41, 5.74) is 0.539. The van der Waals surface area contributed by atoms with Crippen molar-refractivity contribution in [1.82, 2.24) is 0 Å². The van der Waals surface area contributed by atoms with Crippen LogP contribution < -0.4 is 4.74 Å². The summed E-state index contributed by atoms with van der Waals surface area (Å²) in [6.45, 7) is 6.32. The van der Waals surface area contributed by atoms with Gasteiger partial charge in [-0.05, 0) is 37.0 Å². The Hall–Kier alpha value is -1.02. The molecule has 0 saturated carbocycles. The molecule has 0 fully saturated rings. The van der Waals surface area contributed by atoms with Crippen molar-refractivity contribution < 1.29 is 9.84 Å². The SMILES string of the molecule is CCC(CC)CC(C)(O)Cc1ccc(OC)cc1. The van der Waals surface area contributed by atoms with Gasteiger partial charge in [0.05, 0.1) is 12.7 Å². The second-order valence-electron chi connectivity index (χ2n) is 5.41. The van der Waals surface area contributed by atoms with Crippen molar-refractivity contribution >= 4 is 0 Å². The first-order valence-electron chi connectivity index (χ1n) is 6.86. The van der Waals surface area contributed by atoms with E-state index in [-0.39, 0.29) is 0 Å². The highest BCUT2D eigenvalue weighted by Crippen LogP contribution is 2.26. The van der Waals surface area contributed by atoms with Gasteiger partial charge in [-0.25, -0.2) is 0 Å². The van der Waals surface area contributed by atoms with Gasteiger partial charge in [-0.15, -0.1) is 0 Å². The zero-order valence-electron chi connectivity index (χ0n) is 12.1. The van der Waals surface area contributed by atoms with Crippen molar-refractivity contribution in [1.29, 1.82) is 0 Å². The molecule has 0 aliphatic heterocycles. The first-order chi connectivity index (χ1) is 8.50. The molecule has 0 aliphatic rings. The molecule has 0 bridgehead atoms. The van der Waals surface area contributed by atoms with Crippen LogP contribution in [0.1, 0.15) is 45.6 Å². The van der Waals surface area contributed by atoms with Crippen LogP contribution in [0.5, 0.6) is 5.75 Å². The molecule has 2 heteroatoms. The van der Waals surface area contributed by atoms with Crippen molar-refractivity contribution in [3.63, 3.8) is 0 Å². The molecule has 1 aromatic carbocycles. The van der Waals surface area contributed by atoms with E-state index in [1.807, 2.05) is 31.2 Å². The normalized spacial score (nSPS) is 14.6. The molecule has 0 heterocycles. The summed E-state index contributed by atoms with van der Waals surface area (Å²) in [4.78, 5) is 0. The zero-order valence-corrected chi connectivity index (χ0v) is 12.1. The van der Waals surface area contributed by atoms with E-state index in [9.17, 15) is 5.11 Å². The molecule has 1 atom stereocenters. The predicted molar refractivity (Wildman–Crippen MR) is 76.0 cm³/mol. The van der Waals surface area contributed by atoms with Crippen molar-refractivity contribution in [3.05, 3.63) is 29.8 Å². The number of hydrogen-bond acceptors (Lipinski definition) is 2. The predicted octanol–water partition coefficient (Wildman–Crippen LogP) is 3.82. The van der Waals surface area contributed by atoms with E-state index >= 15 is 0 Å². The number of rotatable bonds is 7. The lowest BCUT2D eigenvalue weighted by molar-refractivity contribution is 0.0326. The topological polar surface area (TPSA) is 29.5 Å². The number of hydrogen-bond donors (Lipinski definition) is 1. The standard InChI is InChI=1S/C16H26O2/c1-5-13(6-2)11-16(3,17)12-14-7-9-15(18-4)10-8-14/h7-10,13,17H,5-6,11-12H2,1-4H3. The van der Waals surface area contributed by atoms with Gasteiger partial charge in [0.2, 0.25) is 0 Å². The molecule has 1 N–H and O–H groups in total. The summed E-state index contributed by atoms with van der Waals surface area (Å²) in [6.07, 6.45) is 3.84. The molecule has 1 rings (SSSR count). The molecular weight excluding hydrogens is 224 g/mol. The smallest absolute Gasteiger partial charge is 0.118 e. The van der Waals surface area contributed by atoms with Crippen molar-refractivity contribution in [2.24, 2.45) is 5.92 Å². The van der Waals surface area contributed by atoms with Crippen LogP contribution in [0, 0.1) is 5.92 Å². The number of methoxy groups -OCH3 is 1. The minimum Gasteiger partial charge on any atom is -0.497 e. The van der Waals surface area contributed by atoms with Crippen LogP contribution in [0.3, 0.4) is 0 Å². The molecule has 2 nitrogen and oxygen atoms in total. The molecule has 0 spiro atoms. The van der Waals surface area contributed by atoms with Gasteiger partial charge < -0.3 is 9.84 Å². The fourth-order valence-electron chi connectivity index (χ4n) is 2.45. The first kappa shape index (κ1) is 15.0. The summed E-state index contributed by atoms with van der Waals surface area (Å²) in [7, 11) is 1.66. The van der Waals surface area contributed by atoms with Crippen LogP contribution in [-0.2, 0) is 6.42 Å². The highest BCUT2D eigenvalue weighted by molar-refractivity contribution is 5.28. The second-order valence-corrected chi connectivity index (χ2v) is 5.41. The molecule has 1 unspecified atom stereocenters. The fraction of sp³-hybridized carbons (Fsp3) is 0.625. The van der Waals surface area contributed by atoms with Crippen molar-refractivity contribution in [2.75, 3.05) is 7.11 Å². The number of benzene rings is 1. The third-order valence-corrected chi connectivity index (χ3v) is 3.63. The molecule has 0 aromatic heterocycles. The van der Waals surface area contributed by atoms with Crippen LogP contribution in [0.25, 0.3) is 0 Å². The maximum absolute atomic E-state index is 10.5. The van der Waals surface area contributed by atoms with Crippen molar-refractivity contribution in [3.8, 4) is 5.75 Å². The van der Waals surface area contributed by atoms with Gasteiger partial charge in [-0.1, -0.05) is 38.8 Å². The largest absolute Gasteiger partial charge is 0.497 e. The van der Waals surface area contributed by atoms with Gasteiger partial charge in [0.25, 0.3) is 0 Å². The zero-order chi connectivity index (χ0) is 13.6. The summed E-state index contributed by atoms with van der Waals surface area (Å²) in [6, 6.07) is 7.95. The van der Waals surface area contributed by atoms with Gasteiger partial charge in [-0.3, -0.25) is 0 Å². The highest BCUT2D eigenvalue weighted by Gasteiger charge is 2.24. The van der Waals surface area contributed by atoms with Crippen LogP contribution in [0.15, 0.2) is 24.3 Å². The number of aliphatic hydroxyl groups is 1. The molecule has 1 aromatic rings. The van der Waals surface area contributed by atoms with E-state index in [4.69, 9.17) is 4.74 Å². The molecule has 0 saturated heterocycles. The monoisotopic (exact) mass is 250 g/mol. The summed E-state index contributed by atoms with van der Waals surface area (Å²) < 4.78 is 5.14. The fourth-order valence-corrected chi connectivity index (χ4v) is 2.45. The van der Waals surface area contributed by atoms with Crippen LogP contribution in [-0.4, -0.2) is 17.8 Å². The van der Waals surface area contributed by atoms with E-state index in [0.29, 0.717) is 12.3 Å². The van der Waals surface area contributed by atoms with E-state index in [0.717, 1.165) is 30.6 Å². The Kier molecular flexibility index (Phi) is 5.67. The molecule has 18 heavy (non-hydrogen) atoms. The maximum atomic E-state index is 10.5. The van der Waals surface area contributed by atoms with E-state index in [1.165, 1.54) is 0 Å². The van der Waals surface area contributed by atoms with E-state index < -0.39 is 5.60 Å². The highest BCUT2D eigenvalue weighted by atomic mass is 16.5. The third-order valence-electron chi connectivity index (χ3n) is 3.63. The Labute approximate surface area is 111 Å². The summed E-state index contributed by atoms with van der Waals surface area (Å²) in [5.74, 6) is 1.47. The molecule has 0 aliphatic carbocycles. The Morgan fingerprint density at radius 2 is 1.72 bits per heavy atom. The van der Waals surface area contributed by atoms with Gasteiger partial charge in [-0.2, -0.15) is 0 Å². The molecule has 0 amide bonds. The minimum absolute atomic E-state index is 0.609.